The highest BCUT2D eigenvalue weighted by atomic mass is 32.2. The van der Waals surface area contributed by atoms with Crippen molar-refractivity contribution in [1.29, 1.82) is 0 Å². The highest BCUT2D eigenvalue weighted by Gasteiger charge is 2.51. The van der Waals surface area contributed by atoms with E-state index < -0.39 is 21.2 Å². The average molecular weight is 337 g/mol. The Morgan fingerprint density at radius 3 is 2.59 bits per heavy atom. The standard InChI is InChI=1S/C15H15NO4S2/c1-9(17)15(2)8-21-12-10-6-4-5-7-11(10)16(3)22(19,20)13(12)14(15)18/h4-7H,8H2,1-3H3. The lowest BCUT2D eigenvalue weighted by atomic mass is 9.83. The summed E-state index contributed by atoms with van der Waals surface area (Å²) in [6, 6.07) is 7.07. The molecule has 0 spiro atoms. The molecule has 22 heavy (non-hydrogen) atoms. The minimum absolute atomic E-state index is 0.248. The van der Waals surface area contributed by atoms with Gasteiger partial charge in [-0.05, 0) is 19.9 Å². The molecule has 0 saturated heterocycles. The fourth-order valence-electron chi connectivity index (χ4n) is 2.60. The minimum Gasteiger partial charge on any atom is -0.299 e. The monoisotopic (exact) mass is 337 g/mol. The van der Waals surface area contributed by atoms with Gasteiger partial charge >= 0.3 is 0 Å². The minimum atomic E-state index is -3.94. The Labute approximate surface area is 133 Å². The smallest absolute Gasteiger partial charge is 0.268 e. The summed E-state index contributed by atoms with van der Waals surface area (Å²) in [4.78, 5) is 24.9. The number of sulfonamides is 1. The van der Waals surface area contributed by atoms with Crippen LogP contribution in [0.1, 0.15) is 19.4 Å². The Balaban J connectivity index is 2.33. The number of carbonyl (C=O) groups is 2. The van der Waals surface area contributed by atoms with E-state index >= 15 is 0 Å². The zero-order valence-corrected chi connectivity index (χ0v) is 14.0. The molecule has 1 aromatic rings. The zero-order chi connectivity index (χ0) is 16.3. The van der Waals surface area contributed by atoms with Crippen molar-refractivity contribution in [3.63, 3.8) is 0 Å². The summed E-state index contributed by atoms with van der Waals surface area (Å²) < 4.78 is 26.6. The maximum Gasteiger partial charge on any atom is 0.268 e. The number of nitrogens with zero attached hydrogens (tertiary/aromatic N) is 1. The summed E-state index contributed by atoms with van der Waals surface area (Å²) in [6.45, 7) is 2.85. The van der Waals surface area contributed by atoms with Crippen LogP contribution in [0.5, 0.6) is 0 Å². The molecule has 0 N–H and O–H groups in total. The summed E-state index contributed by atoms with van der Waals surface area (Å²) in [7, 11) is -2.51. The van der Waals surface area contributed by atoms with Crippen LogP contribution in [0, 0.1) is 5.41 Å². The van der Waals surface area contributed by atoms with Crippen LogP contribution in [0.25, 0.3) is 4.91 Å². The summed E-state index contributed by atoms with van der Waals surface area (Å²) >= 11 is 1.27. The third-order valence-electron chi connectivity index (χ3n) is 4.30. The van der Waals surface area contributed by atoms with Gasteiger partial charge in [0.25, 0.3) is 10.0 Å². The van der Waals surface area contributed by atoms with E-state index in [1.807, 2.05) is 0 Å². The number of ketones is 2. The van der Waals surface area contributed by atoms with Crippen LogP contribution in [0.2, 0.25) is 0 Å². The molecule has 2 aliphatic rings. The van der Waals surface area contributed by atoms with Crippen molar-refractivity contribution < 1.29 is 18.0 Å². The molecule has 0 saturated carbocycles. The fraction of sp³-hybridized carbons (Fsp3) is 0.333. The molecule has 0 aliphatic carbocycles. The van der Waals surface area contributed by atoms with Gasteiger partial charge in [0.15, 0.2) is 5.78 Å². The molecule has 1 aromatic carbocycles. The first-order valence-corrected chi connectivity index (χ1v) is 9.15. The number of allylic oxidation sites excluding steroid dienone is 1. The number of anilines is 1. The van der Waals surface area contributed by atoms with Gasteiger partial charge in [0.1, 0.15) is 10.7 Å². The van der Waals surface area contributed by atoms with E-state index in [9.17, 15) is 18.0 Å². The Morgan fingerprint density at radius 1 is 1.32 bits per heavy atom. The third-order valence-corrected chi connectivity index (χ3v) is 7.69. The first-order chi connectivity index (χ1) is 10.2. The van der Waals surface area contributed by atoms with Crippen molar-refractivity contribution in [2.45, 2.75) is 13.8 Å². The van der Waals surface area contributed by atoms with Crippen LogP contribution in [-0.4, -0.2) is 32.8 Å². The van der Waals surface area contributed by atoms with Crippen LogP contribution < -0.4 is 4.31 Å². The second kappa shape index (κ2) is 4.70. The molecular formula is C15H15NO4S2. The van der Waals surface area contributed by atoms with Crippen LogP contribution in [-0.2, 0) is 19.6 Å². The fourth-order valence-corrected chi connectivity index (χ4v) is 5.91. The summed E-state index contributed by atoms with van der Waals surface area (Å²) in [5.74, 6) is -0.656. The summed E-state index contributed by atoms with van der Waals surface area (Å²) in [5, 5.41) is 0. The predicted molar refractivity (Wildman–Crippen MR) is 86.9 cm³/mol. The second-order valence-electron chi connectivity index (χ2n) is 5.65. The van der Waals surface area contributed by atoms with Gasteiger partial charge in [-0.25, -0.2) is 8.42 Å². The first-order valence-electron chi connectivity index (χ1n) is 6.72. The number of fused-ring (bicyclic) bond motifs is 2. The molecule has 0 aromatic heterocycles. The van der Waals surface area contributed by atoms with E-state index in [-0.39, 0.29) is 16.4 Å². The van der Waals surface area contributed by atoms with Gasteiger partial charge < -0.3 is 0 Å². The summed E-state index contributed by atoms with van der Waals surface area (Å²) in [5.41, 5.74) is -0.0179. The highest BCUT2D eigenvalue weighted by molar-refractivity contribution is 8.10. The van der Waals surface area contributed by atoms with Gasteiger partial charge in [-0.15, -0.1) is 11.8 Å². The van der Waals surface area contributed by atoms with E-state index in [0.29, 0.717) is 10.6 Å². The lowest BCUT2D eigenvalue weighted by molar-refractivity contribution is -0.134. The van der Waals surface area contributed by atoms with Crippen LogP contribution in [0.4, 0.5) is 5.69 Å². The van der Waals surface area contributed by atoms with E-state index in [2.05, 4.69) is 0 Å². The number of carbonyl (C=O) groups excluding carboxylic acids is 2. The highest BCUT2D eigenvalue weighted by Crippen LogP contribution is 2.51. The Bertz CT molecular complexity index is 841. The quantitative estimate of drug-likeness (QED) is 0.734. The molecule has 1 atom stereocenters. The molecule has 1 unspecified atom stereocenters. The number of benzene rings is 1. The molecular weight excluding hydrogens is 322 g/mol. The van der Waals surface area contributed by atoms with E-state index in [1.54, 1.807) is 24.3 Å². The maximum atomic E-state index is 12.8. The Kier molecular flexibility index (Phi) is 3.27. The van der Waals surface area contributed by atoms with E-state index in [0.717, 1.165) is 9.87 Å². The van der Waals surface area contributed by atoms with Gasteiger partial charge in [0, 0.05) is 23.3 Å². The number of hydrogen-bond acceptors (Lipinski definition) is 5. The summed E-state index contributed by atoms with van der Waals surface area (Å²) in [6.07, 6.45) is 0. The van der Waals surface area contributed by atoms with Gasteiger partial charge in [-0.2, -0.15) is 0 Å². The molecule has 116 valence electrons. The van der Waals surface area contributed by atoms with Crippen LogP contribution in [0.3, 0.4) is 0 Å². The molecule has 3 rings (SSSR count). The number of rotatable bonds is 1. The molecule has 2 aliphatic heterocycles. The molecule has 0 radical (unpaired) electrons. The van der Waals surface area contributed by atoms with Crippen molar-refractivity contribution in [2.24, 2.45) is 5.41 Å². The van der Waals surface area contributed by atoms with E-state index in [4.69, 9.17) is 0 Å². The largest absolute Gasteiger partial charge is 0.299 e. The predicted octanol–water partition coefficient (Wildman–Crippen LogP) is 2.05. The van der Waals surface area contributed by atoms with Crippen molar-refractivity contribution in [3.05, 3.63) is 34.7 Å². The molecule has 2 heterocycles. The zero-order valence-electron chi connectivity index (χ0n) is 12.4. The number of Topliss-reactive ketones (excluding diaryl/α,β-unsaturated/α-hetero) is 2. The average Bonchev–Trinajstić information content (AvgIpc) is 2.47. The van der Waals surface area contributed by atoms with Crippen LogP contribution >= 0.6 is 11.8 Å². The molecule has 0 bridgehead atoms. The van der Waals surface area contributed by atoms with Gasteiger partial charge in [0.05, 0.1) is 11.1 Å². The van der Waals surface area contributed by atoms with Gasteiger partial charge in [0.2, 0.25) is 0 Å². The molecule has 5 nitrogen and oxygen atoms in total. The Hall–Kier alpha value is -1.60. The first kappa shape index (κ1) is 15.3. The van der Waals surface area contributed by atoms with Gasteiger partial charge in [-0.3, -0.25) is 13.9 Å². The number of hydrogen-bond donors (Lipinski definition) is 0. The third kappa shape index (κ3) is 1.82. The lowest BCUT2D eigenvalue weighted by Crippen LogP contribution is -2.46. The topological polar surface area (TPSA) is 71.5 Å². The number of thioether (sulfide) groups is 1. The lowest BCUT2D eigenvalue weighted by Gasteiger charge is -2.37. The second-order valence-corrected chi connectivity index (χ2v) is 8.55. The van der Waals surface area contributed by atoms with Crippen molar-refractivity contribution in [3.8, 4) is 0 Å². The Morgan fingerprint density at radius 2 is 1.95 bits per heavy atom. The normalized spacial score (nSPS) is 26.5. The van der Waals surface area contributed by atoms with Crippen molar-refractivity contribution in [2.75, 3.05) is 17.1 Å². The maximum absolute atomic E-state index is 12.8. The molecule has 7 heteroatoms. The van der Waals surface area contributed by atoms with Crippen molar-refractivity contribution in [1.82, 2.24) is 0 Å². The van der Waals surface area contributed by atoms with E-state index in [1.165, 1.54) is 32.7 Å². The number of para-hydroxylation sites is 1. The molecule has 0 fully saturated rings. The van der Waals surface area contributed by atoms with Crippen LogP contribution in [0.15, 0.2) is 29.2 Å². The van der Waals surface area contributed by atoms with Gasteiger partial charge in [-0.1, -0.05) is 18.2 Å². The molecule has 0 amide bonds. The SMILES string of the molecule is CC(=O)C1(C)CSC2=C(C1=O)S(=O)(=O)N(C)c1ccccc12. The van der Waals surface area contributed by atoms with Crippen molar-refractivity contribution >= 4 is 43.9 Å².